The number of amides is 1. The second kappa shape index (κ2) is 11.6. The molecule has 1 saturated heterocycles. The number of carbonyl (C=O) groups is 2. The van der Waals surface area contributed by atoms with E-state index in [0.717, 1.165) is 25.7 Å². The molecule has 0 radical (unpaired) electrons. The molecule has 0 saturated carbocycles. The van der Waals surface area contributed by atoms with Crippen molar-refractivity contribution < 1.29 is 24.2 Å². The molecular weight excluding hydrogens is 454 g/mol. The van der Waals surface area contributed by atoms with E-state index in [1.54, 1.807) is 67.8 Å². The van der Waals surface area contributed by atoms with Crippen molar-refractivity contribution in [2.45, 2.75) is 38.6 Å². The zero-order valence-electron chi connectivity index (χ0n) is 20.6. The number of rotatable bonds is 10. The molecule has 1 aliphatic heterocycles. The average Bonchev–Trinajstić information content (AvgIpc) is 3.19. The van der Waals surface area contributed by atoms with Crippen LogP contribution in [0.5, 0.6) is 11.5 Å². The van der Waals surface area contributed by atoms with Crippen LogP contribution in [-0.2, 0) is 9.59 Å². The number of aliphatic hydroxyl groups is 1. The van der Waals surface area contributed by atoms with Crippen LogP contribution in [0.1, 0.15) is 49.8 Å². The van der Waals surface area contributed by atoms with Gasteiger partial charge < -0.3 is 14.6 Å². The zero-order valence-corrected chi connectivity index (χ0v) is 20.6. The third-order valence-corrected chi connectivity index (χ3v) is 6.26. The van der Waals surface area contributed by atoms with Gasteiger partial charge in [-0.1, -0.05) is 74.7 Å². The van der Waals surface area contributed by atoms with E-state index in [9.17, 15) is 14.7 Å². The number of unbranched alkanes of at least 4 members (excludes halogenated alkanes) is 3. The Morgan fingerprint density at radius 3 is 2.39 bits per heavy atom. The highest BCUT2D eigenvalue weighted by Gasteiger charge is 2.47. The van der Waals surface area contributed by atoms with Gasteiger partial charge in [-0.25, -0.2) is 0 Å². The number of Topliss-reactive ketones (excluding diaryl/α,β-unsaturated/α-hetero) is 1. The molecule has 0 aromatic heterocycles. The van der Waals surface area contributed by atoms with Gasteiger partial charge in [-0.15, -0.1) is 0 Å². The third-order valence-electron chi connectivity index (χ3n) is 6.26. The number of aliphatic hydroxyl groups excluding tert-OH is 1. The molecule has 1 aliphatic rings. The van der Waals surface area contributed by atoms with Crippen molar-refractivity contribution in [3.8, 4) is 11.5 Å². The second-order valence-electron chi connectivity index (χ2n) is 8.72. The molecule has 1 fully saturated rings. The normalized spacial score (nSPS) is 16.8. The van der Waals surface area contributed by atoms with E-state index in [-0.39, 0.29) is 11.3 Å². The van der Waals surface area contributed by atoms with Crippen LogP contribution in [0.4, 0.5) is 5.69 Å². The predicted octanol–water partition coefficient (Wildman–Crippen LogP) is 6.28. The van der Waals surface area contributed by atoms with Crippen molar-refractivity contribution in [2.24, 2.45) is 0 Å². The highest BCUT2D eigenvalue weighted by molar-refractivity contribution is 6.51. The van der Waals surface area contributed by atoms with Gasteiger partial charge in [0.2, 0.25) is 0 Å². The number of nitrogens with zero attached hydrogens (tertiary/aromatic N) is 1. The molecule has 0 spiro atoms. The Balaban J connectivity index is 1.77. The molecule has 3 aromatic carbocycles. The van der Waals surface area contributed by atoms with Crippen LogP contribution < -0.4 is 14.4 Å². The summed E-state index contributed by atoms with van der Waals surface area (Å²) in [6.45, 7) is 2.74. The first-order chi connectivity index (χ1) is 17.5. The minimum Gasteiger partial charge on any atom is -0.507 e. The minimum absolute atomic E-state index is 0.0327. The highest BCUT2D eigenvalue weighted by atomic mass is 16.5. The van der Waals surface area contributed by atoms with Crippen LogP contribution >= 0.6 is 0 Å². The summed E-state index contributed by atoms with van der Waals surface area (Å²) in [6, 6.07) is 22.3. The maximum absolute atomic E-state index is 13.4. The summed E-state index contributed by atoms with van der Waals surface area (Å²) in [5.41, 5.74) is 1.66. The van der Waals surface area contributed by atoms with Gasteiger partial charge in [0.05, 0.1) is 25.3 Å². The van der Waals surface area contributed by atoms with Crippen molar-refractivity contribution in [3.05, 3.63) is 95.6 Å². The van der Waals surface area contributed by atoms with E-state index in [1.165, 1.54) is 4.90 Å². The summed E-state index contributed by atoms with van der Waals surface area (Å²) >= 11 is 0. The summed E-state index contributed by atoms with van der Waals surface area (Å²) in [4.78, 5) is 28.1. The third kappa shape index (κ3) is 5.28. The molecule has 6 nitrogen and oxygen atoms in total. The largest absolute Gasteiger partial charge is 0.507 e. The van der Waals surface area contributed by atoms with Crippen molar-refractivity contribution in [1.29, 1.82) is 0 Å². The Bertz CT molecular complexity index is 1250. The molecule has 3 aromatic rings. The van der Waals surface area contributed by atoms with E-state index < -0.39 is 17.7 Å². The van der Waals surface area contributed by atoms with Crippen molar-refractivity contribution in [2.75, 3.05) is 18.6 Å². The Labute approximate surface area is 211 Å². The monoisotopic (exact) mass is 485 g/mol. The van der Waals surface area contributed by atoms with Crippen molar-refractivity contribution in [1.82, 2.24) is 0 Å². The molecule has 36 heavy (non-hydrogen) atoms. The van der Waals surface area contributed by atoms with Gasteiger partial charge in [-0.2, -0.15) is 0 Å². The lowest BCUT2D eigenvalue weighted by Crippen LogP contribution is -2.29. The van der Waals surface area contributed by atoms with Gasteiger partial charge >= 0.3 is 0 Å². The number of ketones is 1. The summed E-state index contributed by atoms with van der Waals surface area (Å²) in [5.74, 6) is -0.455. The SMILES string of the molecule is CCCCCCOc1cccc(N2C(=O)C(=O)C(=C(O)c3ccccc3)[C@H]2c2cccc(OC)c2)c1. The topological polar surface area (TPSA) is 76.1 Å². The van der Waals surface area contributed by atoms with Gasteiger partial charge in [0.1, 0.15) is 17.3 Å². The van der Waals surface area contributed by atoms with E-state index >= 15 is 0 Å². The minimum atomic E-state index is -0.833. The Morgan fingerprint density at radius 2 is 1.64 bits per heavy atom. The van der Waals surface area contributed by atoms with E-state index in [0.29, 0.717) is 34.9 Å². The lowest BCUT2D eigenvalue weighted by Gasteiger charge is -2.26. The summed E-state index contributed by atoms with van der Waals surface area (Å²) in [5, 5.41) is 11.2. The van der Waals surface area contributed by atoms with Gasteiger partial charge in [0, 0.05) is 17.3 Å². The van der Waals surface area contributed by atoms with Crippen LogP contribution in [0, 0.1) is 0 Å². The van der Waals surface area contributed by atoms with Gasteiger partial charge in [0.15, 0.2) is 0 Å². The molecule has 0 bridgehead atoms. The molecule has 0 aliphatic carbocycles. The zero-order chi connectivity index (χ0) is 25.5. The van der Waals surface area contributed by atoms with Crippen LogP contribution in [0.3, 0.4) is 0 Å². The fraction of sp³-hybridized carbons (Fsp3) is 0.267. The fourth-order valence-corrected chi connectivity index (χ4v) is 4.42. The molecular formula is C30H31NO5. The number of benzene rings is 3. The maximum atomic E-state index is 13.4. The summed E-state index contributed by atoms with van der Waals surface area (Å²) < 4.78 is 11.3. The molecule has 1 heterocycles. The lowest BCUT2D eigenvalue weighted by molar-refractivity contribution is -0.132. The van der Waals surface area contributed by atoms with Crippen LogP contribution in [0.25, 0.3) is 5.76 Å². The van der Waals surface area contributed by atoms with Crippen LogP contribution in [0.15, 0.2) is 84.4 Å². The van der Waals surface area contributed by atoms with Gasteiger partial charge in [0.25, 0.3) is 11.7 Å². The number of hydrogen-bond acceptors (Lipinski definition) is 5. The summed E-state index contributed by atoms with van der Waals surface area (Å²) in [7, 11) is 1.56. The highest BCUT2D eigenvalue weighted by Crippen LogP contribution is 2.43. The molecule has 1 amide bonds. The Kier molecular flexibility index (Phi) is 8.06. The predicted molar refractivity (Wildman–Crippen MR) is 140 cm³/mol. The number of methoxy groups -OCH3 is 1. The molecule has 1 N–H and O–H groups in total. The smallest absolute Gasteiger partial charge is 0.300 e. The van der Waals surface area contributed by atoms with E-state index in [2.05, 4.69) is 6.92 Å². The average molecular weight is 486 g/mol. The molecule has 0 unspecified atom stereocenters. The number of carbonyl (C=O) groups excluding carboxylic acids is 2. The first kappa shape index (κ1) is 25.0. The van der Waals surface area contributed by atoms with Crippen molar-refractivity contribution in [3.63, 3.8) is 0 Å². The standard InChI is InChI=1S/C30H31NO5/c1-3-4-5-9-18-36-25-17-11-15-23(20-25)31-27(22-14-10-16-24(19-22)35-2)26(29(33)30(31)34)28(32)21-12-7-6-8-13-21/h6-8,10-17,19-20,27,32H,3-5,9,18H2,1-2H3/t27-/m1/s1. The quantitative estimate of drug-likeness (QED) is 0.158. The first-order valence-electron chi connectivity index (χ1n) is 12.3. The first-order valence-corrected chi connectivity index (χ1v) is 12.3. The van der Waals surface area contributed by atoms with Gasteiger partial charge in [-0.3, -0.25) is 14.5 Å². The lowest BCUT2D eigenvalue weighted by atomic mass is 9.95. The second-order valence-corrected chi connectivity index (χ2v) is 8.72. The number of anilines is 1. The molecule has 1 atom stereocenters. The van der Waals surface area contributed by atoms with Crippen LogP contribution in [-0.4, -0.2) is 30.5 Å². The van der Waals surface area contributed by atoms with E-state index in [1.807, 2.05) is 18.2 Å². The molecule has 186 valence electrons. The molecule has 6 heteroatoms. The van der Waals surface area contributed by atoms with Gasteiger partial charge in [-0.05, 0) is 36.2 Å². The van der Waals surface area contributed by atoms with Crippen molar-refractivity contribution >= 4 is 23.1 Å². The van der Waals surface area contributed by atoms with E-state index in [4.69, 9.17) is 9.47 Å². The Hall–Kier alpha value is -4.06. The van der Waals surface area contributed by atoms with Crippen LogP contribution in [0.2, 0.25) is 0 Å². The fourth-order valence-electron chi connectivity index (χ4n) is 4.42. The molecule has 4 rings (SSSR count). The Morgan fingerprint density at radius 1 is 0.889 bits per heavy atom. The number of ether oxygens (including phenoxy) is 2. The number of hydrogen-bond donors (Lipinski definition) is 1. The summed E-state index contributed by atoms with van der Waals surface area (Å²) in [6.07, 6.45) is 4.36. The maximum Gasteiger partial charge on any atom is 0.300 e.